The number of hydrogen-bond acceptors (Lipinski definition) is 3. The molecule has 17 heavy (non-hydrogen) atoms. The van der Waals surface area contributed by atoms with Gasteiger partial charge in [-0.15, -0.1) is 0 Å². The molecule has 2 heterocycles. The van der Waals surface area contributed by atoms with Crippen LogP contribution in [0.15, 0.2) is 41.5 Å². The van der Waals surface area contributed by atoms with Crippen molar-refractivity contribution in [1.29, 1.82) is 0 Å². The fourth-order valence-electron chi connectivity index (χ4n) is 2.55. The Balaban J connectivity index is 1.80. The standard InChI is InChI=1S/C14H17N3/c1-16-9-4-8-15-14(16)17-10-7-12-5-2-3-6-13(12)11-17/h2-6,8-9,14H,7,10-11H2,1H3. The average Bonchev–Trinajstić information content (AvgIpc) is 2.39. The fourth-order valence-corrected chi connectivity index (χ4v) is 2.55. The summed E-state index contributed by atoms with van der Waals surface area (Å²) in [7, 11) is 2.08. The zero-order valence-electron chi connectivity index (χ0n) is 10.1. The molecule has 0 spiro atoms. The van der Waals surface area contributed by atoms with E-state index in [1.165, 1.54) is 11.1 Å². The van der Waals surface area contributed by atoms with Crippen molar-refractivity contribution in [3.8, 4) is 0 Å². The van der Waals surface area contributed by atoms with Crippen LogP contribution in [0.2, 0.25) is 0 Å². The highest BCUT2D eigenvalue weighted by molar-refractivity contribution is 5.71. The Morgan fingerprint density at radius 1 is 1.24 bits per heavy atom. The lowest BCUT2D eigenvalue weighted by molar-refractivity contribution is 0.0859. The summed E-state index contributed by atoms with van der Waals surface area (Å²) in [6, 6.07) is 8.71. The van der Waals surface area contributed by atoms with Crippen LogP contribution >= 0.6 is 0 Å². The van der Waals surface area contributed by atoms with E-state index < -0.39 is 0 Å². The van der Waals surface area contributed by atoms with Gasteiger partial charge in [-0.25, -0.2) is 0 Å². The van der Waals surface area contributed by atoms with E-state index in [1.807, 2.05) is 12.3 Å². The molecule has 1 aromatic carbocycles. The first-order chi connectivity index (χ1) is 8.34. The maximum atomic E-state index is 4.55. The first-order valence-electron chi connectivity index (χ1n) is 6.07. The normalized spacial score (nSPS) is 23.8. The third kappa shape index (κ3) is 1.98. The van der Waals surface area contributed by atoms with E-state index in [0.29, 0.717) is 0 Å². The first kappa shape index (κ1) is 10.5. The van der Waals surface area contributed by atoms with Crippen LogP contribution in [0.3, 0.4) is 0 Å². The third-order valence-electron chi connectivity index (χ3n) is 3.48. The second kappa shape index (κ2) is 4.34. The number of benzene rings is 1. The van der Waals surface area contributed by atoms with Crippen LogP contribution < -0.4 is 0 Å². The summed E-state index contributed by atoms with van der Waals surface area (Å²) in [6.45, 7) is 2.08. The van der Waals surface area contributed by atoms with Crippen LogP contribution in [0, 0.1) is 0 Å². The lowest BCUT2D eigenvalue weighted by atomic mass is 10.00. The highest BCUT2D eigenvalue weighted by Crippen LogP contribution is 2.22. The number of allylic oxidation sites excluding steroid dienone is 1. The SMILES string of the molecule is CN1C=CC=NC1N1CCc2ccccc2C1. The summed E-state index contributed by atoms with van der Waals surface area (Å²) in [5.41, 5.74) is 2.93. The first-order valence-corrected chi connectivity index (χ1v) is 6.07. The van der Waals surface area contributed by atoms with Gasteiger partial charge in [-0.2, -0.15) is 0 Å². The molecule has 2 aliphatic heterocycles. The van der Waals surface area contributed by atoms with Gasteiger partial charge in [0.1, 0.15) is 0 Å². The van der Waals surface area contributed by atoms with Crippen LogP contribution in [-0.4, -0.2) is 35.9 Å². The van der Waals surface area contributed by atoms with Gasteiger partial charge in [0, 0.05) is 32.6 Å². The number of hydrogen-bond donors (Lipinski definition) is 0. The quantitative estimate of drug-likeness (QED) is 0.729. The maximum Gasteiger partial charge on any atom is 0.178 e. The van der Waals surface area contributed by atoms with Crippen molar-refractivity contribution in [3.63, 3.8) is 0 Å². The van der Waals surface area contributed by atoms with Gasteiger partial charge in [0.2, 0.25) is 0 Å². The minimum absolute atomic E-state index is 0.161. The molecule has 0 aliphatic carbocycles. The van der Waals surface area contributed by atoms with Gasteiger partial charge in [0.15, 0.2) is 6.29 Å². The Bertz CT molecular complexity index is 464. The fraction of sp³-hybridized carbons (Fsp3) is 0.357. The lowest BCUT2D eigenvalue weighted by Gasteiger charge is -2.38. The summed E-state index contributed by atoms with van der Waals surface area (Å²) in [6.07, 6.45) is 7.24. The smallest absolute Gasteiger partial charge is 0.178 e. The van der Waals surface area contributed by atoms with Crippen LogP contribution in [0.25, 0.3) is 0 Å². The number of rotatable bonds is 1. The van der Waals surface area contributed by atoms with Gasteiger partial charge in [0.25, 0.3) is 0 Å². The van der Waals surface area contributed by atoms with Crippen LogP contribution in [0.4, 0.5) is 0 Å². The number of nitrogens with zero attached hydrogens (tertiary/aromatic N) is 3. The molecule has 3 heteroatoms. The molecule has 3 rings (SSSR count). The van der Waals surface area contributed by atoms with E-state index in [2.05, 4.69) is 52.3 Å². The van der Waals surface area contributed by atoms with Gasteiger partial charge in [-0.1, -0.05) is 24.3 Å². The molecule has 0 N–H and O–H groups in total. The molecule has 0 amide bonds. The van der Waals surface area contributed by atoms with E-state index in [4.69, 9.17) is 0 Å². The van der Waals surface area contributed by atoms with Crippen molar-refractivity contribution in [2.24, 2.45) is 4.99 Å². The zero-order valence-corrected chi connectivity index (χ0v) is 10.1. The predicted molar refractivity (Wildman–Crippen MR) is 69.7 cm³/mol. The summed E-state index contributed by atoms with van der Waals surface area (Å²) in [5.74, 6) is 0. The zero-order chi connectivity index (χ0) is 11.7. The monoisotopic (exact) mass is 227 g/mol. The number of aliphatic imine (C=N–C) groups is 1. The molecule has 0 bridgehead atoms. The molecule has 0 saturated heterocycles. The lowest BCUT2D eigenvalue weighted by Crippen LogP contribution is -2.46. The van der Waals surface area contributed by atoms with Gasteiger partial charge in [-0.3, -0.25) is 9.89 Å². The van der Waals surface area contributed by atoms with Crippen molar-refractivity contribution in [2.75, 3.05) is 13.6 Å². The van der Waals surface area contributed by atoms with Crippen molar-refractivity contribution < 1.29 is 0 Å². The molecule has 2 aliphatic rings. The summed E-state index contributed by atoms with van der Waals surface area (Å²) < 4.78 is 0. The minimum Gasteiger partial charge on any atom is -0.347 e. The average molecular weight is 227 g/mol. The molecule has 1 aromatic rings. The Hall–Kier alpha value is -1.61. The van der Waals surface area contributed by atoms with Crippen molar-refractivity contribution in [3.05, 3.63) is 47.7 Å². The van der Waals surface area contributed by atoms with E-state index in [9.17, 15) is 0 Å². The molecule has 0 radical (unpaired) electrons. The van der Waals surface area contributed by atoms with Crippen LogP contribution in [0.1, 0.15) is 11.1 Å². The molecule has 0 saturated carbocycles. The van der Waals surface area contributed by atoms with Gasteiger partial charge in [0.05, 0.1) is 0 Å². The maximum absolute atomic E-state index is 4.55. The highest BCUT2D eigenvalue weighted by atomic mass is 15.4. The summed E-state index contributed by atoms with van der Waals surface area (Å²) in [4.78, 5) is 9.13. The Labute approximate surface area is 102 Å². The molecule has 1 atom stereocenters. The van der Waals surface area contributed by atoms with Gasteiger partial charge < -0.3 is 4.90 Å². The van der Waals surface area contributed by atoms with Crippen LogP contribution in [-0.2, 0) is 13.0 Å². The molecule has 0 aromatic heterocycles. The summed E-state index contributed by atoms with van der Waals surface area (Å²) >= 11 is 0. The van der Waals surface area contributed by atoms with Gasteiger partial charge in [-0.05, 0) is 23.6 Å². The van der Waals surface area contributed by atoms with E-state index in [0.717, 1.165) is 19.5 Å². The van der Waals surface area contributed by atoms with E-state index in [1.54, 1.807) is 0 Å². The molecular weight excluding hydrogens is 210 g/mol. The predicted octanol–water partition coefficient (Wildman–Crippen LogP) is 1.86. The van der Waals surface area contributed by atoms with Gasteiger partial charge >= 0.3 is 0 Å². The Morgan fingerprint density at radius 3 is 2.88 bits per heavy atom. The van der Waals surface area contributed by atoms with Crippen molar-refractivity contribution in [2.45, 2.75) is 19.3 Å². The van der Waals surface area contributed by atoms with Crippen molar-refractivity contribution in [1.82, 2.24) is 9.80 Å². The molecular formula is C14H17N3. The second-order valence-corrected chi connectivity index (χ2v) is 4.64. The Kier molecular flexibility index (Phi) is 2.69. The molecule has 1 unspecified atom stereocenters. The topological polar surface area (TPSA) is 18.8 Å². The van der Waals surface area contributed by atoms with E-state index in [-0.39, 0.29) is 6.29 Å². The van der Waals surface area contributed by atoms with Crippen molar-refractivity contribution >= 4 is 6.21 Å². The second-order valence-electron chi connectivity index (χ2n) is 4.64. The van der Waals surface area contributed by atoms with Crippen LogP contribution in [0.5, 0.6) is 0 Å². The molecule has 0 fully saturated rings. The number of fused-ring (bicyclic) bond motifs is 1. The largest absolute Gasteiger partial charge is 0.347 e. The Morgan fingerprint density at radius 2 is 2.06 bits per heavy atom. The summed E-state index contributed by atoms with van der Waals surface area (Å²) in [5, 5.41) is 0. The minimum atomic E-state index is 0.161. The molecule has 88 valence electrons. The highest BCUT2D eigenvalue weighted by Gasteiger charge is 2.24. The molecule has 3 nitrogen and oxygen atoms in total. The van der Waals surface area contributed by atoms with E-state index >= 15 is 0 Å². The third-order valence-corrected chi connectivity index (χ3v) is 3.48.